The summed E-state index contributed by atoms with van der Waals surface area (Å²) >= 11 is 0. The maximum absolute atomic E-state index is 13.0. The van der Waals surface area contributed by atoms with Crippen LogP contribution in [0, 0.1) is 0 Å². The van der Waals surface area contributed by atoms with Gasteiger partial charge in [-0.3, -0.25) is 9.98 Å². The number of carbonyl (C=O) groups excluding carboxylic acids is 2. The molecule has 0 aliphatic rings. The number of hydrogen-bond acceptors (Lipinski definition) is 10. The number of para-hydroxylation sites is 2. The topological polar surface area (TPSA) is 136 Å². The van der Waals surface area contributed by atoms with Crippen LogP contribution in [0.5, 0.6) is 34.5 Å². The molecule has 5 aromatic rings. The number of phenols is 2. The fourth-order valence-electron chi connectivity index (χ4n) is 9.03. The Labute approximate surface area is 455 Å². The number of benzene rings is 5. The van der Waals surface area contributed by atoms with Crippen LogP contribution in [0.25, 0.3) is 0 Å². The van der Waals surface area contributed by atoms with E-state index in [-0.39, 0.29) is 23.0 Å². The molecule has 0 fully saturated rings. The predicted octanol–water partition coefficient (Wildman–Crippen LogP) is 18.8. The molecule has 0 radical (unpaired) electrons. The molecule has 0 saturated carbocycles. The van der Waals surface area contributed by atoms with Crippen molar-refractivity contribution in [3.05, 3.63) is 131 Å². The summed E-state index contributed by atoms with van der Waals surface area (Å²) in [5.41, 5.74) is 2.56. The quantitative estimate of drug-likeness (QED) is 0.0171. The molecule has 410 valence electrons. The number of hydrogen-bond donors (Lipinski definition) is 2. The molecule has 10 nitrogen and oxygen atoms in total. The monoisotopic (exact) mass is 1040 g/mol. The molecule has 5 aromatic carbocycles. The molecular formula is C66H88N2O8. The summed E-state index contributed by atoms with van der Waals surface area (Å²) in [4.78, 5) is 35.0. The van der Waals surface area contributed by atoms with Gasteiger partial charge in [0.2, 0.25) is 0 Å². The molecule has 2 N–H and O–H groups in total. The first-order chi connectivity index (χ1) is 37.3. The highest BCUT2D eigenvalue weighted by molar-refractivity contribution is 5.93. The fourth-order valence-corrected chi connectivity index (χ4v) is 9.03. The van der Waals surface area contributed by atoms with Crippen molar-refractivity contribution < 1.29 is 38.7 Å². The Kier molecular flexibility index (Phi) is 29.7. The average Bonchev–Trinajstić information content (AvgIpc) is 3.43. The largest absolute Gasteiger partial charge is 0.507 e. The zero-order chi connectivity index (χ0) is 53.7. The third-order valence-electron chi connectivity index (χ3n) is 13.7. The summed E-state index contributed by atoms with van der Waals surface area (Å²) in [6.07, 6.45) is 39.7. The van der Waals surface area contributed by atoms with E-state index in [9.17, 15) is 19.8 Å². The van der Waals surface area contributed by atoms with Crippen LogP contribution < -0.4 is 18.9 Å². The molecule has 10 heteroatoms. The number of esters is 2. The number of aliphatic imine (C=N–C) groups is 2. The van der Waals surface area contributed by atoms with E-state index in [4.69, 9.17) is 18.9 Å². The van der Waals surface area contributed by atoms with E-state index in [1.54, 1.807) is 84.9 Å². The van der Waals surface area contributed by atoms with E-state index in [0.717, 1.165) is 25.7 Å². The van der Waals surface area contributed by atoms with E-state index in [0.29, 0.717) is 58.3 Å². The van der Waals surface area contributed by atoms with Crippen molar-refractivity contribution >= 4 is 35.7 Å². The van der Waals surface area contributed by atoms with E-state index < -0.39 is 11.9 Å². The van der Waals surface area contributed by atoms with Crippen molar-refractivity contribution in [1.29, 1.82) is 0 Å². The Morgan fingerprint density at radius 1 is 0.382 bits per heavy atom. The highest BCUT2D eigenvalue weighted by Gasteiger charge is 2.13. The van der Waals surface area contributed by atoms with Gasteiger partial charge in [-0.2, -0.15) is 0 Å². The van der Waals surface area contributed by atoms with Crippen LogP contribution in [0.2, 0.25) is 0 Å². The number of ether oxygens (including phenoxy) is 4. The number of aromatic hydroxyl groups is 2. The molecule has 0 aliphatic heterocycles. The lowest BCUT2D eigenvalue weighted by Gasteiger charge is -2.09. The Bertz CT molecular complexity index is 2280. The van der Waals surface area contributed by atoms with Crippen molar-refractivity contribution in [3.63, 3.8) is 0 Å². The fraction of sp³-hybridized carbons (Fsp3) is 0.485. The lowest BCUT2D eigenvalue weighted by Crippen LogP contribution is -2.08. The SMILES string of the molecule is CCCCCCCCCCCCCCCCOc1ccc(C(=O)Oc2ccc(C=Nc3ccccc3N=Cc3ccc(OC(=O)c4ccc(OCCCCCCCCCCCCCCCC)cc4)cc3O)c(O)c2)cc1. The summed E-state index contributed by atoms with van der Waals surface area (Å²) in [6, 6.07) is 30.1. The first-order valence-corrected chi connectivity index (χ1v) is 29.1. The van der Waals surface area contributed by atoms with Crippen molar-refractivity contribution in [1.82, 2.24) is 0 Å². The minimum atomic E-state index is -0.551. The van der Waals surface area contributed by atoms with E-state index in [1.165, 1.54) is 179 Å². The lowest BCUT2D eigenvalue weighted by atomic mass is 10.0. The van der Waals surface area contributed by atoms with Crippen LogP contribution in [-0.2, 0) is 0 Å². The Balaban J connectivity index is 0.971. The van der Waals surface area contributed by atoms with E-state index in [2.05, 4.69) is 23.8 Å². The summed E-state index contributed by atoms with van der Waals surface area (Å²) < 4.78 is 23.0. The van der Waals surface area contributed by atoms with Crippen molar-refractivity contribution in [2.45, 2.75) is 194 Å². The van der Waals surface area contributed by atoms with Gasteiger partial charge < -0.3 is 29.2 Å². The molecule has 0 aromatic heterocycles. The second-order valence-electron chi connectivity index (χ2n) is 20.2. The molecule has 0 unspecified atom stereocenters. The number of rotatable bonds is 40. The molecule has 0 aliphatic carbocycles. The van der Waals surface area contributed by atoms with E-state index >= 15 is 0 Å². The molecule has 76 heavy (non-hydrogen) atoms. The van der Waals surface area contributed by atoms with Crippen LogP contribution in [0.3, 0.4) is 0 Å². The zero-order valence-corrected chi connectivity index (χ0v) is 46.0. The maximum Gasteiger partial charge on any atom is 0.343 e. The predicted molar refractivity (Wildman–Crippen MR) is 312 cm³/mol. The standard InChI is InChI=1S/C66H88N2O8/c1-3-5-7-9-11-13-15-17-19-21-23-25-27-31-47-73-57-41-35-53(36-42-57)65(71)75-59-45-39-55(63(69)49-59)51-67-61-33-29-30-34-62(61)68-52-56-40-46-60(50-64(56)70)76-66(72)54-37-43-58(44-38-54)74-48-32-28-26-24-22-20-18-16-14-12-10-8-6-4-2/h29-30,33-46,49-52,69-70H,3-28,31-32,47-48H2,1-2H3. The molecule has 0 atom stereocenters. The molecule has 5 rings (SSSR count). The van der Waals surface area contributed by atoms with Crippen LogP contribution in [-0.4, -0.2) is 47.8 Å². The number of unbranched alkanes of at least 4 members (excludes halogenated alkanes) is 26. The van der Waals surface area contributed by atoms with Crippen molar-refractivity contribution in [3.8, 4) is 34.5 Å². The van der Waals surface area contributed by atoms with Crippen molar-refractivity contribution in [2.75, 3.05) is 13.2 Å². The van der Waals surface area contributed by atoms with Crippen LogP contribution in [0.4, 0.5) is 11.4 Å². The van der Waals surface area contributed by atoms with Gasteiger partial charge in [0.25, 0.3) is 0 Å². The number of carbonyl (C=O) groups is 2. The van der Waals surface area contributed by atoms with E-state index in [1.807, 2.05) is 12.1 Å². The second-order valence-corrected chi connectivity index (χ2v) is 20.2. The Morgan fingerprint density at radius 2 is 0.671 bits per heavy atom. The molecule has 0 heterocycles. The summed E-state index contributed by atoms with van der Waals surface area (Å²) in [7, 11) is 0. The normalized spacial score (nSPS) is 11.4. The van der Waals surface area contributed by atoms with Gasteiger partial charge in [-0.05, 0) is 97.8 Å². The summed E-state index contributed by atoms with van der Waals surface area (Å²) in [5.74, 6) is 0.450. The van der Waals surface area contributed by atoms with Gasteiger partial charge in [-0.15, -0.1) is 0 Å². The van der Waals surface area contributed by atoms with Gasteiger partial charge >= 0.3 is 11.9 Å². The Morgan fingerprint density at radius 3 is 0.974 bits per heavy atom. The number of phenolic OH excluding ortho intramolecular Hbond substituents is 2. The van der Waals surface area contributed by atoms with Gasteiger partial charge in [0, 0.05) is 35.7 Å². The van der Waals surface area contributed by atoms with Crippen LogP contribution in [0.15, 0.2) is 119 Å². The summed E-state index contributed by atoms with van der Waals surface area (Å²) in [5, 5.41) is 21.7. The van der Waals surface area contributed by atoms with Gasteiger partial charge in [-0.1, -0.05) is 193 Å². The smallest absolute Gasteiger partial charge is 0.343 e. The van der Waals surface area contributed by atoms with Gasteiger partial charge in [0.15, 0.2) is 0 Å². The lowest BCUT2D eigenvalue weighted by molar-refractivity contribution is 0.0724. The molecule has 0 spiro atoms. The highest BCUT2D eigenvalue weighted by atomic mass is 16.5. The van der Waals surface area contributed by atoms with Crippen LogP contribution >= 0.6 is 0 Å². The first-order valence-electron chi connectivity index (χ1n) is 29.1. The molecule has 0 bridgehead atoms. The Hall–Kier alpha value is -6.42. The van der Waals surface area contributed by atoms with Crippen molar-refractivity contribution in [2.24, 2.45) is 9.98 Å². The van der Waals surface area contributed by atoms with Gasteiger partial charge in [0.1, 0.15) is 34.5 Å². The molecular weight excluding hydrogens is 949 g/mol. The minimum Gasteiger partial charge on any atom is -0.507 e. The second kappa shape index (κ2) is 37.3. The average molecular weight is 1040 g/mol. The maximum atomic E-state index is 13.0. The molecule has 0 amide bonds. The first kappa shape index (κ1) is 60.4. The summed E-state index contributed by atoms with van der Waals surface area (Å²) in [6.45, 7) is 5.82. The highest BCUT2D eigenvalue weighted by Crippen LogP contribution is 2.31. The third kappa shape index (κ3) is 24.5. The minimum absolute atomic E-state index is 0.121. The number of nitrogens with zero attached hydrogens (tertiary/aromatic N) is 2. The molecule has 0 saturated heterocycles. The zero-order valence-electron chi connectivity index (χ0n) is 46.0. The van der Waals surface area contributed by atoms with Crippen LogP contribution in [0.1, 0.15) is 225 Å². The van der Waals surface area contributed by atoms with Gasteiger partial charge in [-0.25, -0.2) is 9.59 Å². The third-order valence-corrected chi connectivity index (χ3v) is 13.7. The van der Waals surface area contributed by atoms with Gasteiger partial charge in [0.05, 0.1) is 35.7 Å².